The van der Waals surface area contributed by atoms with Crippen LogP contribution in [0.4, 0.5) is 4.39 Å². The maximum Gasteiger partial charge on any atom is 0.191 e. The number of benzene rings is 1. The zero-order valence-electron chi connectivity index (χ0n) is 13.9. The summed E-state index contributed by atoms with van der Waals surface area (Å²) in [7, 11) is 0. The summed E-state index contributed by atoms with van der Waals surface area (Å²) >= 11 is 0. The Morgan fingerprint density at radius 1 is 1.36 bits per heavy atom. The van der Waals surface area contributed by atoms with Crippen LogP contribution in [-0.2, 0) is 0 Å². The fraction of sp³-hybridized carbons (Fsp3) is 0.562. The first-order valence-corrected chi connectivity index (χ1v) is 7.29. The van der Waals surface area contributed by atoms with Crippen molar-refractivity contribution in [1.29, 1.82) is 0 Å². The van der Waals surface area contributed by atoms with Crippen molar-refractivity contribution < 1.29 is 9.13 Å². The summed E-state index contributed by atoms with van der Waals surface area (Å²) in [5.41, 5.74) is -0.0618. The van der Waals surface area contributed by atoms with Crippen molar-refractivity contribution in [2.75, 3.05) is 13.1 Å². The summed E-state index contributed by atoms with van der Waals surface area (Å²) in [6.07, 6.45) is -0.137. The molecule has 0 saturated carbocycles. The van der Waals surface area contributed by atoms with E-state index >= 15 is 0 Å². The zero-order valence-corrected chi connectivity index (χ0v) is 16.3. The second kappa shape index (κ2) is 9.86. The molecular formula is C16H27FIN3O. The molecule has 1 aromatic carbocycles. The predicted octanol–water partition coefficient (Wildman–Crippen LogP) is 3.56. The van der Waals surface area contributed by atoms with E-state index in [2.05, 4.69) is 36.4 Å². The molecule has 0 spiro atoms. The highest BCUT2D eigenvalue weighted by Gasteiger charge is 2.12. The Morgan fingerprint density at radius 2 is 2.05 bits per heavy atom. The Morgan fingerprint density at radius 3 is 2.59 bits per heavy atom. The summed E-state index contributed by atoms with van der Waals surface area (Å²) in [4.78, 5) is 4.49. The van der Waals surface area contributed by atoms with Gasteiger partial charge in [-0.2, -0.15) is 0 Å². The molecule has 1 rings (SSSR count). The zero-order chi connectivity index (χ0) is 15.9. The van der Waals surface area contributed by atoms with Crippen LogP contribution in [0.5, 0.6) is 5.75 Å². The first kappa shape index (κ1) is 20.9. The third kappa shape index (κ3) is 9.07. The standard InChI is InChI=1S/C16H26FN3O.HI/c1-6-18-15(20-16(3,4)5)19-11-12(2)21-14-9-7-8-13(17)10-14;/h7-10,12H,6,11H2,1-5H3,(H2,18,19,20);1H. The molecule has 1 aromatic rings. The average molecular weight is 423 g/mol. The molecule has 126 valence electrons. The Kier molecular flexibility index (Phi) is 9.39. The van der Waals surface area contributed by atoms with Crippen molar-refractivity contribution in [3.05, 3.63) is 30.1 Å². The van der Waals surface area contributed by atoms with Crippen LogP contribution in [0.3, 0.4) is 0 Å². The lowest BCUT2D eigenvalue weighted by atomic mass is 10.1. The average Bonchev–Trinajstić information content (AvgIpc) is 2.34. The quantitative estimate of drug-likeness (QED) is 0.433. The van der Waals surface area contributed by atoms with Gasteiger partial charge in [-0.15, -0.1) is 24.0 Å². The summed E-state index contributed by atoms with van der Waals surface area (Å²) in [5.74, 6) is 0.970. The van der Waals surface area contributed by atoms with Crippen molar-refractivity contribution in [3.8, 4) is 5.75 Å². The molecule has 0 fully saturated rings. The fourth-order valence-electron chi connectivity index (χ4n) is 1.69. The van der Waals surface area contributed by atoms with E-state index < -0.39 is 0 Å². The van der Waals surface area contributed by atoms with Crippen LogP contribution in [0, 0.1) is 5.82 Å². The molecular weight excluding hydrogens is 396 g/mol. The number of nitrogens with one attached hydrogen (secondary N) is 2. The van der Waals surface area contributed by atoms with Crippen LogP contribution in [0.2, 0.25) is 0 Å². The van der Waals surface area contributed by atoms with Gasteiger partial charge in [0, 0.05) is 18.2 Å². The molecule has 4 nitrogen and oxygen atoms in total. The van der Waals surface area contributed by atoms with Gasteiger partial charge in [0.15, 0.2) is 5.96 Å². The van der Waals surface area contributed by atoms with Crippen LogP contribution in [0.1, 0.15) is 34.6 Å². The molecule has 0 amide bonds. The molecule has 0 radical (unpaired) electrons. The van der Waals surface area contributed by atoms with Crippen LogP contribution < -0.4 is 15.4 Å². The second-order valence-electron chi connectivity index (χ2n) is 5.98. The Bertz CT molecular complexity index is 475. The summed E-state index contributed by atoms with van der Waals surface area (Å²) in [6, 6.07) is 6.14. The lowest BCUT2D eigenvalue weighted by Crippen LogP contribution is -2.47. The van der Waals surface area contributed by atoms with Crippen molar-refractivity contribution in [2.24, 2.45) is 4.99 Å². The number of hydrogen-bond acceptors (Lipinski definition) is 2. The van der Waals surface area contributed by atoms with E-state index in [1.54, 1.807) is 12.1 Å². The lowest BCUT2D eigenvalue weighted by Gasteiger charge is -2.24. The smallest absolute Gasteiger partial charge is 0.191 e. The highest BCUT2D eigenvalue weighted by molar-refractivity contribution is 14.0. The molecule has 1 atom stereocenters. The van der Waals surface area contributed by atoms with E-state index in [4.69, 9.17) is 4.74 Å². The van der Waals surface area contributed by atoms with Crippen LogP contribution >= 0.6 is 24.0 Å². The van der Waals surface area contributed by atoms with Crippen molar-refractivity contribution in [1.82, 2.24) is 10.6 Å². The molecule has 0 aromatic heterocycles. The highest BCUT2D eigenvalue weighted by Crippen LogP contribution is 2.13. The van der Waals surface area contributed by atoms with Crippen LogP contribution in [0.15, 0.2) is 29.3 Å². The second-order valence-corrected chi connectivity index (χ2v) is 5.98. The molecule has 6 heteroatoms. The molecule has 0 bridgehead atoms. The van der Waals surface area contributed by atoms with E-state index in [1.807, 2.05) is 13.8 Å². The van der Waals surface area contributed by atoms with Gasteiger partial charge in [0.1, 0.15) is 17.7 Å². The third-order valence-corrected chi connectivity index (χ3v) is 2.48. The Labute approximate surface area is 149 Å². The van der Waals surface area contributed by atoms with E-state index in [0.717, 1.165) is 12.5 Å². The SMILES string of the molecule is CCNC(=NCC(C)Oc1cccc(F)c1)NC(C)(C)C.I. The monoisotopic (exact) mass is 423 g/mol. The van der Waals surface area contributed by atoms with Crippen molar-refractivity contribution in [2.45, 2.75) is 46.3 Å². The van der Waals surface area contributed by atoms with Gasteiger partial charge in [-0.05, 0) is 46.8 Å². The Hall–Kier alpha value is -1.05. The molecule has 0 saturated heterocycles. The highest BCUT2D eigenvalue weighted by atomic mass is 127. The van der Waals surface area contributed by atoms with Crippen molar-refractivity contribution in [3.63, 3.8) is 0 Å². The number of aliphatic imine (C=N–C) groups is 1. The largest absolute Gasteiger partial charge is 0.489 e. The molecule has 22 heavy (non-hydrogen) atoms. The predicted molar refractivity (Wildman–Crippen MR) is 101 cm³/mol. The molecule has 0 aliphatic heterocycles. The number of nitrogens with zero attached hydrogens (tertiary/aromatic N) is 1. The van der Waals surface area contributed by atoms with Crippen LogP contribution in [0.25, 0.3) is 0 Å². The maximum atomic E-state index is 13.1. The fourth-order valence-corrected chi connectivity index (χ4v) is 1.69. The van der Waals surface area contributed by atoms with E-state index in [1.165, 1.54) is 12.1 Å². The van der Waals surface area contributed by atoms with Gasteiger partial charge in [0.05, 0.1) is 6.54 Å². The van der Waals surface area contributed by atoms with E-state index in [9.17, 15) is 4.39 Å². The number of halogens is 2. The number of rotatable bonds is 5. The first-order valence-electron chi connectivity index (χ1n) is 7.29. The summed E-state index contributed by atoms with van der Waals surface area (Å²) in [5, 5.41) is 6.50. The number of guanidine groups is 1. The summed E-state index contributed by atoms with van der Waals surface area (Å²) < 4.78 is 18.7. The molecule has 1 unspecified atom stereocenters. The van der Waals surface area contributed by atoms with Gasteiger partial charge in [0.25, 0.3) is 0 Å². The van der Waals surface area contributed by atoms with E-state index in [-0.39, 0.29) is 41.4 Å². The first-order chi connectivity index (χ1) is 9.80. The minimum atomic E-state index is -0.300. The molecule has 0 aliphatic rings. The lowest BCUT2D eigenvalue weighted by molar-refractivity contribution is 0.229. The Balaban J connectivity index is 0.00000441. The number of ether oxygens (including phenoxy) is 1. The molecule has 0 heterocycles. The van der Waals surface area contributed by atoms with Gasteiger partial charge in [-0.3, -0.25) is 0 Å². The third-order valence-electron chi connectivity index (χ3n) is 2.48. The van der Waals surface area contributed by atoms with Gasteiger partial charge < -0.3 is 15.4 Å². The van der Waals surface area contributed by atoms with Gasteiger partial charge in [0.2, 0.25) is 0 Å². The van der Waals surface area contributed by atoms with Crippen LogP contribution in [-0.4, -0.2) is 30.7 Å². The normalized spacial score (nSPS) is 13.1. The minimum Gasteiger partial charge on any atom is -0.489 e. The van der Waals surface area contributed by atoms with Crippen molar-refractivity contribution >= 4 is 29.9 Å². The topological polar surface area (TPSA) is 45.7 Å². The number of hydrogen-bond donors (Lipinski definition) is 2. The van der Waals surface area contributed by atoms with Gasteiger partial charge >= 0.3 is 0 Å². The maximum absolute atomic E-state index is 13.1. The van der Waals surface area contributed by atoms with E-state index in [0.29, 0.717) is 12.3 Å². The molecule has 0 aliphatic carbocycles. The van der Waals surface area contributed by atoms with Gasteiger partial charge in [-0.1, -0.05) is 6.07 Å². The molecule has 2 N–H and O–H groups in total. The minimum absolute atomic E-state index is 0. The van der Waals surface area contributed by atoms with Gasteiger partial charge in [-0.25, -0.2) is 9.38 Å². The summed E-state index contributed by atoms with van der Waals surface area (Å²) in [6.45, 7) is 11.4.